The Morgan fingerprint density at radius 1 is 1.53 bits per heavy atom. The Hall–Kier alpha value is -1.95. The number of hydrogen-bond acceptors (Lipinski definition) is 3. The molecule has 0 unspecified atom stereocenters. The van der Waals surface area contributed by atoms with E-state index in [4.69, 9.17) is 5.11 Å². The van der Waals surface area contributed by atoms with Crippen LogP contribution in [0.2, 0.25) is 0 Å². The van der Waals surface area contributed by atoms with Gasteiger partial charge in [-0.1, -0.05) is 12.1 Å². The molecule has 2 N–H and O–H groups in total. The maximum Gasteiger partial charge on any atom is 0.404 e. The van der Waals surface area contributed by atoms with Gasteiger partial charge in [-0.3, -0.25) is 0 Å². The summed E-state index contributed by atoms with van der Waals surface area (Å²) in [5, 5.41) is 10.7. The second-order valence-electron chi connectivity index (χ2n) is 4.06. The van der Waals surface area contributed by atoms with Crippen LogP contribution in [0.5, 0.6) is 0 Å². The van der Waals surface area contributed by atoms with Gasteiger partial charge < -0.3 is 10.4 Å². The highest BCUT2D eigenvalue weighted by Crippen LogP contribution is 2.28. The first-order chi connectivity index (χ1) is 9.08. The molecule has 2 aromatic rings. The smallest absolute Gasteiger partial charge is 0.404 e. The van der Waals surface area contributed by atoms with Crippen LogP contribution in [0.25, 0.3) is 10.4 Å². The van der Waals surface area contributed by atoms with Crippen LogP contribution in [-0.2, 0) is 6.42 Å². The van der Waals surface area contributed by atoms with Gasteiger partial charge in [0.15, 0.2) is 0 Å². The number of benzene rings is 1. The monoisotopic (exact) mass is 280 g/mol. The number of rotatable bonds is 4. The maximum absolute atomic E-state index is 13.9. The molecule has 6 heteroatoms. The summed E-state index contributed by atoms with van der Waals surface area (Å²) in [6.07, 6.45) is -0.766. The van der Waals surface area contributed by atoms with Crippen molar-refractivity contribution < 1.29 is 14.3 Å². The first-order valence-electron chi connectivity index (χ1n) is 5.73. The third-order valence-electron chi connectivity index (χ3n) is 2.73. The highest BCUT2D eigenvalue weighted by Gasteiger charge is 2.09. The minimum absolute atomic E-state index is 0.200. The number of carbonyl (C=O) groups is 1. The SMILES string of the molecule is Cc1ncsc1-c1ccc(CCNC(=O)O)c(F)c1. The summed E-state index contributed by atoms with van der Waals surface area (Å²) in [5.74, 6) is -0.322. The molecule has 0 aliphatic rings. The zero-order chi connectivity index (χ0) is 13.8. The van der Waals surface area contributed by atoms with E-state index in [9.17, 15) is 9.18 Å². The molecule has 0 radical (unpaired) electrons. The Kier molecular flexibility index (Phi) is 4.11. The summed E-state index contributed by atoms with van der Waals surface area (Å²) < 4.78 is 13.9. The molecule has 0 saturated carbocycles. The quantitative estimate of drug-likeness (QED) is 0.904. The van der Waals surface area contributed by atoms with E-state index in [-0.39, 0.29) is 12.4 Å². The molecule has 2 rings (SSSR count). The highest BCUT2D eigenvalue weighted by molar-refractivity contribution is 7.13. The third-order valence-corrected chi connectivity index (χ3v) is 3.71. The minimum atomic E-state index is -1.10. The van der Waals surface area contributed by atoms with Crippen LogP contribution in [-0.4, -0.2) is 22.7 Å². The van der Waals surface area contributed by atoms with Gasteiger partial charge in [0.2, 0.25) is 0 Å². The van der Waals surface area contributed by atoms with Crippen molar-refractivity contribution in [2.24, 2.45) is 0 Å². The van der Waals surface area contributed by atoms with E-state index in [1.807, 2.05) is 13.0 Å². The van der Waals surface area contributed by atoms with Crippen LogP contribution in [0.1, 0.15) is 11.3 Å². The zero-order valence-electron chi connectivity index (χ0n) is 10.3. The molecule has 1 heterocycles. The number of carboxylic acid groups (broad SMARTS) is 1. The number of halogens is 1. The minimum Gasteiger partial charge on any atom is -0.465 e. The lowest BCUT2D eigenvalue weighted by atomic mass is 10.1. The molecule has 100 valence electrons. The Bertz CT molecular complexity index is 598. The van der Waals surface area contributed by atoms with E-state index in [0.29, 0.717) is 12.0 Å². The zero-order valence-corrected chi connectivity index (χ0v) is 11.1. The predicted molar refractivity (Wildman–Crippen MR) is 72.0 cm³/mol. The Morgan fingerprint density at radius 3 is 2.89 bits per heavy atom. The first-order valence-corrected chi connectivity index (χ1v) is 6.61. The van der Waals surface area contributed by atoms with Gasteiger partial charge in [-0.05, 0) is 30.5 Å². The lowest BCUT2D eigenvalue weighted by Crippen LogP contribution is -2.23. The van der Waals surface area contributed by atoms with Gasteiger partial charge in [0, 0.05) is 6.54 Å². The molecular weight excluding hydrogens is 267 g/mol. The van der Waals surface area contributed by atoms with Crippen LogP contribution < -0.4 is 5.32 Å². The average molecular weight is 280 g/mol. The number of thiazole rings is 1. The lowest BCUT2D eigenvalue weighted by molar-refractivity contribution is 0.194. The van der Waals surface area contributed by atoms with Crippen molar-refractivity contribution in [1.29, 1.82) is 0 Å². The van der Waals surface area contributed by atoms with Gasteiger partial charge in [-0.2, -0.15) is 0 Å². The number of nitrogens with zero attached hydrogens (tertiary/aromatic N) is 1. The van der Waals surface area contributed by atoms with Crippen LogP contribution in [0.4, 0.5) is 9.18 Å². The number of hydrogen-bond donors (Lipinski definition) is 2. The van der Waals surface area contributed by atoms with E-state index in [1.54, 1.807) is 11.6 Å². The van der Waals surface area contributed by atoms with Crippen LogP contribution >= 0.6 is 11.3 Å². The summed E-state index contributed by atoms with van der Waals surface area (Å²) in [6.45, 7) is 2.08. The first kappa shape index (κ1) is 13.5. The van der Waals surface area contributed by atoms with E-state index < -0.39 is 6.09 Å². The highest BCUT2D eigenvalue weighted by atomic mass is 32.1. The second-order valence-corrected chi connectivity index (χ2v) is 4.91. The van der Waals surface area contributed by atoms with E-state index >= 15 is 0 Å². The molecular formula is C13H13FN2O2S. The Labute approximate surface area is 113 Å². The fraction of sp³-hybridized carbons (Fsp3) is 0.231. The van der Waals surface area contributed by atoms with Gasteiger partial charge in [0.1, 0.15) is 5.82 Å². The molecule has 0 aliphatic carbocycles. The summed E-state index contributed by atoms with van der Waals surface area (Å²) in [4.78, 5) is 15.4. The molecule has 0 spiro atoms. The molecule has 0 aliphatic heterocycles. The topological polar surface area (TPSA) is 62.2 Å². The van der Waals surface area contributed by atoms with Gasteiger partial charge in [0.25, 0.3) is 0 Å². The van der Waals surface area contributed by atoms with Crippen molar-refractivity contribution in [1.82, 2.24) is 10.3 Å². The molecule has 0 atom stereocenters. The van der Waals surface area contributed by atoms with E-state index in [2.05, 4.69) is 10.3 Å². The Balaban J connectivity index is 2.13. The lowest BCUT2D eigenvalue weighted by Gasteiger charge is -2.06. The van der Waals surface area contributed by atoms with Crippen molar-refractivity contribution >= 4 is 17.4 Å². The number of aryl methyl sites for hydroxylation is 1. The van der Waals surface area contributed by atoms with Gasteiger partial charge in [-0.25, -0.2) is 14.2 Å². The van der Waals surface area contributed by atoms with E-state index in [0.717, 1.165) is 16.1 Å². The molecule has 19 heavy (non-hydrogen) atoms. The number of aromatic nitrogens is 1. The normalized spacial score (nSPS) is 10.4. The van der Waals surface area contributed by atoms with E-state index in [1.165, 1.54) is 17.4 Å². The van der Waals surface area contributed by atoms with Crippen molar-refractivity contribution in [3.05, 3.63) is 40.8 Å². The molecule has 0 fully saturated rings. The van der Waals surface area contributed by atoms with Gasteiger partial charge in [-0.15, -0.1) is 11.3 Å². The van der Waals surface area contributed by atoms with Crippen LogP contribution in [0.3, 0.4) is 0 Å². The van der Waals surface area contributed by atoms with Crippen molar-refractivity contribution in [3.63, 3.8) is 0 Å². The van der Waals surface area contributed by atoms with Gasteiger partial charge >= 0.3 is 6.09 Å². The average Bonchev–Trinajstić information content (AvgIpc) is 2.77. The molecule has 0 bridgehead atoms. The fourth-order valence-electron chi connectivity index (χ4n) is 1.77. The van der Waals surface area contributed by atoms with Gasteiger partial charge in [0.05, 0.1) is 16.1 Å². The Morgan fingerprint density at radius 2 is 2.32 bits per heavy atom. The number of nitrogens with one attached hydrogen (secondary N) is 1. The summed E-state index contributed by atoms with van der Waals surface area (Å²) in [7, 11) is 0. The maximum atomic E-state index is 13.9. The number of amides is 1. The second kappa shape index (κ2) is 5.79. The largest absolute Gasteiger partial charge is 0.465 e. The molecule has 1 aromatic heterocycles. The van der Waals surface area contributed by atoms with Crippen LogP contribution in [0.15, 0.2) is 23.7 Å². The van der Waals surface area contributed by atoms with Crippen molar-refractivity contribution in [3.8, 4) is 10.4 Å². The summed E-state index contributed by atoms with van der Waals surface area (Å²) in [5.41, 5.74) is 3.91. The predicted octanol–water partition coefficient (Wildman–Crippen LogP) is 3.07. The third kappa shape index (κ3) is 3.29. The summed E-state index contributed by atoms with van der Waals surface area (Å²) in [6, 6.07) is 4.99. The fourth-order valence-corrected chi connectivity index (χ4v) is 2.58. The standard InChI is InChI=1S/C13H13FN2O2S/c1-8-12(19-7-16-8)10-3-2-9(11(14)6-10)4-5-15-13(17)18/h2-3,6-7,15H,4-5H2,1H3,(H,17,18). The summed E-state index contributed by atoms with van der Waals surface area (Å²) >= 11 is 1.47. The molecule has 1 aromatic carbocycles. The van der Waals surface area contributed by atoms with Crippen molar-refractivity contribution in [2.45, 2.75) is 13.3 Å². The van der Waals surface area contributed by atoms with Crippen LogP contribution in [0, 0.1) is 12.7 Å². The van der Waals surface area contributed by atoms with Crippen molar-refractivity contribution in [2.75, 3.05) is 6.54 Å². The molecule has 0 saturated heterocycles. The molecule has 4 nitrogen and oxygen atoms in total. The molecule has 1 amide bonds.